The molecule has 1 fully saturated rings. The Morgan fingerprint density at radius 1 is 1.05 bits per heavy atom. The molecule has 1 saturated heterocycles. The smallest absolute Gasteiger partial charge is 0.266 e. The summed E-state index contributed by atoms with van der Waals surface area (Å²) in [4.78, 5) is 20.1. The molecule has 0 unspecified atom stereocenters. The van der Waals surface area contributed by atoms with Crippen molar-refractivity contribution in [3.05, 3.63) is 86.2 Å². The van der Waals surface area contributed by atoms with Crippen molar-refractivity contribution >= 4 is 62.1 Å². The topological polar surface area (TPSA) is 60.4 Å². The Labute approximate surface area is 234 Å². The molecule has 4 rings (SSSR count). The maximum absolute atomic E-state index is 13.1. The molecule has 0 aliphatic carbocycles. The van der Waals surface area contributed by atoms with Gasteiger partial charge in [-0.25, -0.2) is 4.99 Å². The van der Waals surface area contributed by atoms with Crippen LogP contribution >= 0.6 is 39.3 Å². The normalized spacial score (nSPS) is 15.5. The van der Waals surface area contributed by atoms with Gasteiger partial charge in [0.05, 0.1) is 28.8 Å². The quantitative estimate of drug-likeness (QED) is 0.235. The molecule has 192 valence electrons. The average Bonchev–Trinajstić information content (AvgIpc) is 3.18. The molecule has 3 aromatic rings. The molecular weight excluding hydrogens is 576 g/mol. The van der Waals surface area contributed by atoms with Crippen LogP contribution in [0, 0.1) is 0 Å². The van der Waals surface area contributed by atoms with Crippen LogP contribution in [0.25, 0.3) is 6.08 Å². The first kappa shape index (κ1) is 27.1. The summed E-state index contributed by atoms with van der Waals surface area (Å²) in [5.41, 5.74) is 2.55. The number of hydrogen-bond donors (Lipinski definition) is 0. The number of rotatable bonds is 9. The number of likely N-dealkylation sites (N-methyl/N-ethyl adjacent to an activating group) is 1. The standard InChI is InChI=1S/C28H26BrClN2O4S/c1-4-32-27(33)25(37-28(32)31-21-10-12-22(34-3)13-11-21)16-19-14-23(29)26(24(15-19)35-5-2)36-17-18-6-8-20(30)9-7-18/h6-16H,4-5,17H2,1-3H3/b25-16+,31-28?. The lowest BCUT2D eigenvalue weighted by Gasteiger charge is -2.15. The molecule has 6 nitrogen and oxygen atoms in total. The van der Waals surface area contributed by atoms with Gasteiger partial charge < -0.3 is 14.2 Å². The van der Waals surface area contributed by atoms with E-state index >= 15 is 0 Å². The van der Waals surface area contributed by atoms with Crippen LogP contribution in [0.5, 0.6) is 17.2 Å². The van der Waals surface area contributed by atoms with E-state index < -0.39 is 0 Å². The zero-order valence-corrected chi connectivity index (χ0v) is 23.8. The van der Waals surface area contributed by atoms with E-state index in [0.717, 1.165) is 27.0 Å². The molecule has 3 aromatic carbocycles. The van der Waals surface area contributed by atoms with Crippen molar-refractivity contribution in [3.8, 4) is 17.2 Å². The van der Waals surface area contributed by atoms with Crippen molar-refractivity contribution < 1.29 is 19.0 Å². The van der Waals surface area contributed by atoms with Crippen LogP contribution in [0.1, 0.15) is 25.0 Å². The predicted molar refractivity (Wildman–Crippen MR) is 154 cm³/mol. The van der Waals surface area contributed by atoms with Gasteiger partial charge in [-0.05, 0) is 107 Å². The van der Waals surface area contributed by atoms with E-state index in [0.29, 0.717) is 46.4 Å². The van der Waals surface area contributed by atoms with E-state index in [-0.39, 0.29) is 5.91 Å². The highest BCUT2D eigenvalue weighted by Crippen LogP contribution is 2.40. The summed E-state index contributed by atoms with van der Waals surface area (Å²) in [5.74, 6) is 1.86. The summed E-state index contributed by atoms with van der Waals surface area (Å²) in [6.45, 7) is 5.20. The molecule has 0 spiro atoms. The van der Waals surface area contributed by atoms with Crippen molar-refractivity contribution in [2.75, 3.05) is 20.3 Å². The van der Waals surface area contributed by atoms with E-state index in [1.54, 1.807) is 12.0 Å². The lowest BCUT2D eigenvalue weighted by Crippen LogP contribution is -2.28. The Balaban J connectivity index is 1.59. The number of hydrogen-bond acceptors (Lipinski definition) is 6. The molecular formula is C28H26BrClN2O4S. The third kappa shape index (κ3) is 6.69. The summed E-state index contributed by atoms with van der Waals surface area (Å²) in [6, 6.07) is 18.7. The predicted octanol–water partition coefficient (Wildman–Crippen LogP) is 7.71. The molecule has 0 atom stereocenters. The number of thioether (sulfide) groups is 1. The van der Waals surface area contributed by atoms with E-state index in [1.165, 1.54) is 11.8 Å². The molecule has 0 saturated carbocycles. The zero-order chi connectivity index (χ0) is 26.4. The first-order valence-electron chi connectivity index (χ1n) is 11.7. The number of methoxy groups -OCH3 is 1. The fourth-order valence-electron chi connectivity index (χ4n) is 3.60. The van der Waals surface area contributed by atoms with Gasteiger partial charge in [-0.1, -0.05) is 23.7 Å². The summed E-state index contributed by atoms with van der Waals surface area (Å²) < 4.78 is 17.9. The van der Waals surface area contributed by atoms with Crippen molar-refractivity contribution in [1.82, 2.24) is 4.90 Å². The SMILES string of the molecule is CCOc1cc(/C=C2/SC(=Nc3ccc(OC)cc3)N(CC)C2=O)cc(Br)c1OCc1ccc(Cl)cc1. The highest BCUT2D eigenvalue weighted by Gasteiger charge is 2.32. The van der Waals surface area contributed by atoms with Gasteiger partial charge in [0.15, 0.2) is 16.7 Å². The minimum Gasteiger partial charge on any atom is -0.497 e. The molecule has 0 bridgehead atoms. The highest BCUT2D eigenvalue weighted by molar-refractivity contribution is 9.10. The van der Waals surface area contributed by atoms with Gasteiger partial charge >= 0.3 is 0 Å². The second kappa shape index (κ2) is 12.5. The Morgan fingerprint density at radius 2 is 1.78 bits per heavy atom. The van der Waals surface area contributed by atoms with Crippen molar-refractivity contribution in [3.63, 3.8) is 0 Å². The maximum atomic E-state index is 13.1. The first-order valence-corrected chi connectivity index (χ1v) is 13.7. The van der Waals surface area contributed by atoms with Crippen LogP contribution < -0.4 is 14.2 Å². The number of aliphatic imine (C=N–C) groups is 1. The van der Waals surface area contributed by atoms with Gasteiger partial charge in [0, 0.05) is 11.6 Å². The number of halogens is 2. The van der Waals surface area contributed by atoms with E-state index in [9.17, 15) is 4.79 Å². The lowest BCUT2D eigenvalue weighted by atomic mass is 10.1. The lowest BCUT2D eigenvalue weighted by molar-refractivity contribution is -0.122. The fraction of sp³-hybridized carbons (Fsp3) is 0.214. The van der Waals surface area contributed by atoms with Crippen LogP contribution in [0.15, 0.2) is 75.0 Å². The van der Waals surface area contributed by atoms with E-state index in [4.69, 9.17) is 30.8 Å². The van der Waals surface area contributed by atoms with Crippen LogP contribution in [0.4, 0.5) is 5.69 Å². The average molecular weight is 602 g/mol. The third-order valence-corrected chi connectivity index (χ3v) is 7.28. The number of carbonyl (C=O) groups excluding carboxylic acids is 1. The Kier molecular flexibility index (Phi) is 9.18. The molecule has 37 heavy (non-hydrogen) atoms. The molecule has 1 aliphatic heterocycles. The van der Waals surface area contributed by atoms with Gasteiger partial charge in [-0.2, -0.15) is 0 Å². The van der Waals surface area contributed by atoms with Gasteiger partial charge in [0.1, 0.15) is 12.4 Å². The van der Waals surface area contributed by atoms with Crippen molar-refractivity contribution in [2.24, 2.45) is 4.99 Å². The number of benzene rings is 3. The molecule has 1 heterocycles. The largest absolute Gasteiger partial charge is 0.497 e. The van der Waals surface area contributed by atoms with Gasteiger partial charge in [-0.15, -0.1) is 0 Å². The molecule has 1 aliphatic rings. The number of carbonyl (C=O) groups is 1. The molecule has 0 N–H and O–H groups in total. The monoisotopic (exact) mass is 600 g/mol. The number of amidine groups is 1. The third-order valence-electron chi connectivity index (χ3n) is 5.43. The number of amides is 1. The van der Waals surface area contributed by atoms with Gasteiger partial charge in [0.2, 0.25) is 0 Å². The van der Waals surface area contributed by atoms with Gasteiger partial charge in [-0.3, -0.25) is 9.69 Å². The fourth-order valence-corrected chi connectivity index (χ4v) is 5.36. The Morgan fingerprint density at radius 3 is 2.43 bits per heavy atom. The highest BCUT2D eigenvalue weighted by atomic mass is 79.9. The molecule has 9 heteroatoms. The van der Waals surface area contributed by atoms with Crippen molar-refractivity contribution in [2.45, 2.75) is 20.5 Å². The Hall–Kier alpha value is -2.94. The van der Waals surface area contributed by atoms with Crippen LogP contribution in [0.3, 0.4) is 0 Å². The minimum atomic E-state index is -0.0862. The summed E-state index contributed by atoms with van der Waals surface area (Å²) in [7, 11) is 1.62. The van der Waals surface area contributed by atoms with Crippen molar-refractivity contribution in [1.29, 1.82) is 0 Å². The second-order valence-corrected chi connectivity index (χ2v) is 10.2. The van der Waals surface area contributed by atoms with Crippen LogP contribution in [-0.2, 0) is 11.4 Å². The Bertz CT molecular complexity index is 1330. The van der Waals surface area contributed by atoms with E-state index in [2.05, 4.69) is 15.9 Å². The summed E-state index contributed by atoms with van der Waals surface area (Å²) >= 11 is 10.9. The van der Waals surface area contributed by atoms with E-state index in [1.807, 2.05) is 80.6 Å². The zero-order valence-electron chi connectivity index (χ0n) is 20.7. The molecule has 0 radical (unpaired) electrons. The second-order valence-electron chi connectivity index (χ2n) is 7.93. The summed E-state index contributed by atoms with van der Waals surface area (Å²) in [5, 5.41) is 1.31. The summed E-state index contributed by atoms with van der Waals surface area (Å²) in [6.07, 6.45) is 1.85. The minimum absolute atomic E-state index is 0.0862. The van der Waals surface area contributed by atoms with Gasteiger partial charge in [0.25, 0.3) is 5.91 Å². The van der Waals surface area contributed by atoms with Crippen LogP contribution in [-0.4, -0.2) is 36.2 Å². The molecule has 0 aromatic heterocycles. The number of ether oxygens (including phenoxy) is 3. The van der Waals surface area contributed by atoms with Crippen LogP contribution in [0.2, 0.25) is 5.02 Å². The number of nitrogens with zero attached hydrogens (tertiary/aromatic N) is 2. The maximum Gasteiger partial charge on any atom is 0.266 e. The first-order chi connectivity index (χ1) is 17.9. The molecule has 1 amide bonds.